The molecule has 1 heterocycles. The predicted octanol–water partition coefficient (Wildman–Crippen LogP) is 2.82. The molecule has 1 unspecified atom stereocenters. The van der Waals surface area contributed by atoms with Crippen molar-refractivity contribution in [3.8, 4) is 0 Å². The third-order valence-corrected chi connectivity index (χ3v) is 3.12. The highest BCUT2D eigenvalue weighted by atomic mass is 32.1. The minimum absolute atomic E-state index is 0.0968. The molecule has 0 N–H and O–H groups in total. The number of rotatable bonds is 4. The maximum Gasteiger partial charge on any atom is 0.417 e. The molecule has 0 saturated carbocycles. The van der Waals surface area contributed by atoms with Crippen molar-refractivity contribution in [3.63, 3.8) is 0 Å². The average Bonchev–Trinajstić information content (AvgIpc) is 2.26. The van der Waals surface area contributed by atoms with Crippen LogP contribution in [-0.4, -0.2) is 10.3 Å². The molecule has 2 nitrogen and oxygen atoms in total. The van der Waals surface area contributed by atoms with Crippen LogP contribution in [0.5, 0.6) is 0 Å². The van der Waals surface area contributed by atoms with Gasteiger partial charge in [-0.25, -0.2) is 0 Å². The molecule has 0 bridgehead atoms. The Labute approximate surface area is 103 Å². The van der Waals surface area contributed by atoms with E-state index in [1.165, 1.54) is 0 Å². The van der Waals surface area contributed by atoms with Gasteiger partial charge >= 0.3 is 6.18 Å². The number of halogens is 3. The molecule has 0 aliphatic heterocycles. The zero-order valence-electron chi connectivity index (χ0n) is 9.37. The molecule has 0 aliphatic rings. The van der Waals surface area contributed by atoms with Crippen LogP contribution < -0.4 is 5.56 Å². The molecule has 6 heteroatoms. The summed E-state index contributed by atoms with van der Waals surface area (Å²) in [6, 6.07) is 1.76. The highest BCUT2D eigenvalue weighted by Crippen LogP contribution is 2.28. The Morgan fingerprint density at radius 3 is 2.53 bits per heavy atom. The second-order valence-electron chi connectivity index (χ2n) is 3.86. The molecule has 1 aromatic rings. The van der Waals surface area contributed by atoms with E-state index in [-0.39, 0.29) is 12.5 Å². The van der Waals surface area contributed by atoms with E-state index in [2.05, 4.69) is 12.6 Å². The monoisotopic (exact) mass is 265 g/mol. The van der Waals surface area contributed by atoms with Gasteiger partial charge in [-0.3, -0.25) is 4.79 Å². The molecule has 1 rings (SSSR count). The second kappa shape index (κ2) is 5.62. The summed E-state index contributed by atoms with van der Waals surface area (Å²) in [5.74, 6) is 0.638. The fraction of sp³-hybridized carbons (Fsp3) is 0.545. The third kappa shape index (κ3) is 3.80. The van der Waals surface area contributed by atoms with Gasteiger partial charge in [0.15, 0.2) is 0 Å². The molecule has 0 aromatic carbocycles. The standard InChI is InChI=1S/C11H14F3NOS/c1-2-8(7-17)5-15-6-9(11(12,13)14)3-4-10(15)16/h3-4,6,8,17H,2,5,7H2,1H3. The van der Waals surface area contributed by atoms with E-state index in [0.717, 1.165) is 29.3 Å². The third-order valence-electron chi connectivity index (χ3n) is 2.60. The summed E-state index contributed by atoms with van der Waals surface area (Å²) in [7, 11) is 0. The zero-order chi connectivity index (χ0) is 13.1. The molecule has 0 aliphatic carbocycles. The Morgan fingerprint density at radius 2 is 2.06 bits per heavy atom. The van der Waals surface area contributed by atoms with E-state index in [9.17, 15) is 18.0 Å². The summed E-state index contributed by atoms with van der Waals surface area (Å²) in [5, 5.41) is 0. The van der Waals surface area contributed by atoms with Crippen LogP contribution in [0.1, 0.15) is 18.9 Å². The number of aromatic nitrogens is 1. The molecular weight excluding hydrogens is 251 g/mol. The summed E-state index contributed by atoms with van der Waals surface area (Å²) in [5.41, 5.74) is -1.22. The van der Waals surface area contributed by atoms with Crippen molar-refractivity contribution in [1.82, 2.24) is 4.57 Å². The Bertz CT molecular complexity index is 423. The van der Waals surface area contributed by atoms with Gasteiger partial charge in [0, 0.05) is 18.8 Å². The van der Waals surface area contributed by atoms with Crippen molar-refractivity contribution in [3.05, 3.63) is 34.2 Å². The van der Waals surface area contributed by atoms with E-state index in [0.29, 0.717) is 5.75 Å². The van der Waals surface area contributed by atoms with Gasteiger partial charge in [-0.2, -0.15) is 25.8 Å². The van der Waals surface area contributed by atoms with Crippen molar-refractivity contribution in [2.75, 3.05) is 5.75 Å². The van der Waals surface area contributed by atoms with E-state index in [1.807, 2.05) is 6.92 Å². The maximum atomic E-state index is 12.5. The SMILES string of the molecule is CCC(CS)Cn1cc(C(F)(F)F)ccc1=O. The van der Waals surface area contributed by atoms with Crippen molar-refractivity contribution in [2.24, 2.45) is 5.92 Å². The van der Waals surface area contributed by atoms with Crippen LogP contribution in [0.4, 0.5) is 13.2 Å². The van der Waals surface area contributed by atoms with Crippen LogP contribution in [0.15, 0.2) is 23.1 Å². The Morgan fingerprint density at radius 1 is 1.41 bits per heavy atom. The van der Waals surface area contributed by atoms with Crippen LogP contribution in [-0.2, 0) is 12.7 Å². The van der Waals surface area contributed by atoms with Crippen molar-refractivity contribution in [1.29, 1.82) is 0 Å². The van der Waals surface area contributed by atoms with Gasteiger partial charge in [0.05, 0.1) is 5.56 Å². The first-order valence-electron chi connectivity index (χ1n) is 5.27. The minimum atomic E-state index is -4.42. The van der Waals surface area contributed by atoms with E-state index in [4.69, 9.17) is 0 Å². The lowest BCUT2D eigenvalue weighted by atomic mass is 10.1. The lowest BCUT2D eigenvalue weighted by molar-refractivity contribution is -0.138. The number of hydrogen-bond acceptors (Lipinski definition) is 2. The normalized spacial score (nSPS) is 13.7. The quantitative estimate of drug-likeness (QED) is 0.831. The van der Waals surface area contributed by atoms with Gasteiger partial charge in [0.2, 0.25) is 0 Å². The molecule has 0 saturated heterocycles. The van der Waals surface area contributed by atoms with Gasteiger partial charge in [-0.05, 0) is 17.7 Å². The number of hydrogen-bond donors (Lipinski definition) is 1. The van der Waals surface area contributed by atoms with Crippen LogP contribution in [0.2, 0.25) is 0 Å². The summed E-state index contributed by atoms with van der Waals surface area (Å²) in [4.78, 5) is 11.4. The first-order chi connectivity index (χ1) is 7.88. The molecule has 0 radical (unpaired) electrons. The highest BCUT2D eigenvalue weighted by Gasteiger charge is 2.31. The summed E-state index contributed by atoms with van der Waals surface area (Å²) in [6.07, 6.45) is -2.78. The maximum absolute atomic E-state index is 12.5. The molecule has 96 valence electrons. The largest absolute Gasteiger partial charge is 0.417 e. The van der Waals surface area contributed by atoms with E-state index >= 15 is 0 Å². The average molecular weight is 265 g/mol. The van der Waals surface area contributed by atoms with Gasteiger partial charge in [0.1, 0.15) is 0 Å². The lowest BCUT2D eigenvalue weighted by Gasteiger charge is -2.15. The first kappa shape index (κ1) is 14.2. The van der Waals surface area contributed by atoms with Crippen molar-refractivity contribution >= 4 is 12.6 Å². The van der Waals surface area contributed by atoms with Crippen LogP contribution in [0, 0.1) is 5.92 Å². The van der Waals surface area contributed by atoms with E-state index < -0.39 is 17.3 Å². The summed E-state index contributed by atoms with van der Waals surface area (Å²) in [6.45, 7) is 2.18. The fourth-order valence-electron chi connectivity index (χ4n) is 1.44. The number of nitrogens with zero attached hydrogens (tertiary/aromatic N) is 1. The van der Waals surface area contributed by atoms with Gasteiger partial charge in [0.25, 0.3) is 5.56 Å². The Hall–Kier alpha value is -0.910. The van der Waals surface area contributed by atoms with Crippen LogP contribution in [0.25, 0.3) is 0 Å². The van der Waals surface area contributed by atoms with Crippen LogP contribution in [0.3, 0.4) is 0 Å². The molecule has 0 spiro atoms. The summed E-state index contributed by atoms with van der Waals surface area (Å²) >= 11 is 4.11. The second-order valence-corrected chi connectivity index (χ2v) is 4.23. The first-order valence-corrected chi connectivity index (χ1v) is 5.90. The van der Waals surface area contributed by atoms with Gasteiger partial charge in [-0.1, -0.05) is 13.3 Å². The summed E-state index contributed by atoms with van der Waals surface area (Å²) < 4.78 is 38.5. The number of pyridine rings is 1. The smallest absolute Gasteiger partial charge is 0.315 e. The predicted molar refractivity (Wildman–Crippen MR) is 63.3 cm³/mol. The zero-order valence-corrected chi connectivity index (χ0v) is 10.3. The molecule has 1 aromatic heterocycles. The molecular formula is C11H14F3NOS. The van der Waals surface area contributed by atoms with Gasteiger partial charge in [-0.15, -0.1) is 0 Å². The lowest BCUT2D eigenvalue weighted by Crippen LogP contribution is -2.25. The Balaban J connectivity index is 3.03. The fourth-order valence-corrected chi connectivity index (χ4v) is 1.81. The molecule has 17 heavy (non-hydrogen) atoms. The highest BCUT2D eigenvalue weighted by molar-refractivity contribution is 7.80. The minimum Gasteiger partial charge on any atom is -0.315 e. The number of thiol groups is 1. The van der Waals surface area contributed by atoms with Crippen LogP contribution >= 0.6 is 12.6 Å². The Kier molecular flexibility index (Phi) is 4.68. The molecule has 0 amide bonds. The van der Waals surface area contributed by atoms with E-state index in [1.54, 1.807) is 0 Å². The van der Waals surface area contributed by atoms with Crippen molar-refractivity contribution < 1.29 is 13.2 Å². The molecule has 1 atom stereocenters. The topological polar surface area (TPSA) is 22.0 Å². The van der Waals surface area contributed by atoms with Crippen molar-refractivity contribution in [2.45, 2.75) is 26.1 Å². The number of alkyl halides is 3. The van der Waals surface area contributed by atoms with Gasteiger partial charge < -0.3 is 4.57 Å². The molecule has 0 fully saturated rings.